The molecule has 0 fully saturated rings. The second-order valence-corrected chi connectivity index (χ2v) is 4.54. The van der Waals surface area contributed by atoms with E-state index in [4.69, 9.17) is 17.0 Å². The fourth-order valence-corrected chi connectivity index (χ4v) is 2.30. The number of rotatable bonds is 3. The predicted molar refractivity (Wildman–Crippen MR) is 78.0 cm³/mol. The second-order valence-electron chi connectivity index (χ2n) is 4.16. The van der Waals surface area contributed by atoms with Crippen LogP contribution in [-0.4, -0.2) is 26.4 Å². The van der Waals surface area contributed by atoms with Crippen molar-refractivity contribution in [2.75, 3.05) is 6.61 Å². The molecule has 0 unspecified atom stereocenters. The molecule has 1 aromatic carbocycles. The molecule has 2 heterocycles. The van der Waals surface area contributed by atoms with E-state index in [0.717, 1.165) is 5.75 Å². The van der Waals surface area contributed by atoms with Gasteiger partial charge in [0.15, 0.2) is 4.77 Å². The molecule has 102 valence electrons. The van der Waals surface area contributed by atoms with Gasteiger partial charge in [-0.05, 0) is 43.4 Å². The van der Waals surface area contributed by atoms with Crippen molar-refractivity contribution in [3.8, 4) is 11.4 Å². The summed E-state index contributed by atoms with van der Waals surface area (Å²) in [7, 11) is 0. The Kier molecular flexibility index (Phi) is 3.11. The summed E-state index contributed by atoms with van der Waals surface area (Å²) < 4.78 is 7.13. The first kappa shape index (κ1) is 12.6. The van der Waals surface area contributed by atoms with Crippen molar-refractivity contribution in [2.24, 2.45) is 0 Å². The number of nitrogens with one attached hydrogen (secondary N) is 2. The molecule has 3 aromatic rings. The first-order chi connectivity index (χ1) is 9.70. The first-order valence-corrected chi connectivity index (χ1v) is 6.53. The van der Waals surface area contributed by atoms with Gasteiger partial charge in [-0.2, -0.15) is 5.10 Å². The molecule has 3 rings (SSSR count). The summed E-state index contributed by atoms with van der Waals surface area (Å²) in [6.45, 7) is 2.52. The number of aromatic amines is 2. The van der Waals surface area contributed by atoms with Crippen LogP contribution in [0.3, 0.4) is 0 Å². The Morgan fingerprint density at radius 2 is 2.10 bits per heavy atom. The van der Waals surface area contributed by atoms with Gasteiger partial charge in [0, 0.05) is 0 Å². The molecule has 20 heavy (non-hydrogen) atoms. The smallest absolute Gasteiger partial charge is 0.270 e. The largest absolute Gasteiger partial charge is 0.494 e. The summed E-state index contributed by atoms with van der Waals surface area (Å²) in [5, 5.41) is 7.01. The summed E-state index contributed by atoms with van der Waals surface area (Å²) in [6.07, 6.45) is 1.48. The van der Waals surface area contributed by atoms with Gasteiger partial charge in [0.05, 0.1) is 18.5 Å². The Hall–Kier alpha value is -2.41. The Morgan fingerprint density at radius 3 is 2.80 bits per heavy atom. The van der Waals surface area contributed by atoms with Gasteiger partial charge in [-0.3, -0.25) is 14.5 Å². The van der Waals surface area contributed by atoms with Crippen LogP contribution in [0.1, 0.15) is 6.92 Å². The number of ether oxygens (including phenoxy) is 1. The molecule has 0 bridgehead atoms. The monoisotopic (exact) mass is 288 g/mol. The molecular formula is C13H12N4O2S. The SMILES string of the molecule is CCOc1ccc(-n2c(=S)[nH]c3[nH]ncc3c2=O)cc1. The lowest BCUT2D eigenvalue weighted by atomic mass is 10.3. The molecule has 0 aliphatic heterocycles. The van der Waals surface area contributed by atoms with Crippen LogP contribution in [-0.2, 0) is 0 Å². The van der Waals surface area contributed by atoms with E-state index in [2.05, 4.69) is 15.2 Å². The standard InChI is InChI=1S/C13H12N4O2S/c1-2-19-9-5-3-8(4-6-9)17-12(18)10-7-14-16-11(10)15-13(17)20/h3-7H,2H2,1H3,(H2,14,15,16,20). The number of aromatic nitrogens is 4. The van der Waals surface area contributed by atoms with E-state index in [-0.39, 0.29) is 5.56 Å². The van der Waals surface area contributed by atoms with Crippen molar-refractivity contribution < 1.29 is 4.74 Å². The van der Waals surface area contributed by atoms with Gasteiger partial charge < -0.3 is 9.72 Å². The summed E-state index contributed by atoms with van der Waals surface area (Å²) in [6, 6.07) is 7.20. The number of fused-ring (bicyclic) bond motifs is 1. The fourth-order valence-electron chi connectivity index (χ4n) is 2.01. The number of nitrogens with zero attached hydrogens (tertiary/aromatic N) is 2. The van der Waals surface area contributed by atoms with Crippen molar-refractivity contribution in [1.82, 2.24) is 19.7 Å². The maximum atomic E-state index is 12.4. The van der Waals surface area contributed by atoms with Crippen LogP contribution in [0.5, 0.6) is 5.75 Å². The van der Waals surface area contributed by atoms with Crippen LogP contribution in [0.2, 0.25) is 0 Å². The number of H-pyrrole nitrogens is 2. The minimum Gasteiger partial charge on any atom is -0.494 e. The van der Waals surface area contributed by atoms with E-state index >= 15 is 0 Å². The zero-order chi connectivity index (χ0) is 14.1. The third-order valence-corrected chi connectivity index (χ3v) is 3.20. The lowest BCUT2D eigenvalue weighted by molar-refractivity contribution is 0.340. The van der Waals surface area contributed by atoms with Gasteiger partial charge in [0.1, 0.15) is 16.8 Å². The van der Waals surface area contributed by atoms with Gasteiger partial charge in [-0.25, -0.2) is 0 Å². The molecule has 0 saturated heterocycles. The number of hydrogen-bond donors (Lipinski definition) is 2. The molecule has 0 atom stereocenters. The summed E-state index contributed by atoms with van der Waals surface area (Å²) in [5.41, 5.74) is 1.01. The third-order valence-electron chi connectivity index (χ3n) is 2.91. The zero-order valence-electron chi connectivity index (χ0n) is 10.7. The predicted octanol–water partition coefficient (Wildman–Crippen LogP) is 2.17. The Morgan fingerprint density at radius 1 is 1.35 bits per heavy atom. The van der Waals surface area contributed by atoms with E-state index in [9.17, 15) is 4.79 Å². The third kappa shape index (κ3) is 2.01. The van der Waals surface area contributed by atoms with Crippen LogP contribution >= 0.6 is 12.2 Å². The van der Waals surface area contributed by atoms with Crippen LogP contribution < -0.4 is 10.3 Å². The molecular weight excluding hydrogens is 276 g/mol. The Labute approximate surface area is 119 Å². The molecule has 2 N–H and O–H groups in total. The summed E-state index contributed by atoms with van der Waals surface area (Å²) in [5.74, 6) is 0.753. The average Bonchev–Trinajstić information content (AvgIpc) is 2.89. The highest BCUT2D eigenvalue weighted by atomic mass is 32.1. The van der Waals surface area contributed by atoms with Crippen molar-refractivity contribution in [1.29, 1.82) is 0 Å². The van der Waals surface area contributed by atoms with Gasteiger partial charge >= 0.3 is 0 Å². The van der Waals surface area contributed by atoms with Crippen LogP contribution in [0.4, 0.5) is 0 Å². The average molecular weight is 288 g/mol. The fraction of sp³-hybridized carbons (Fsp3) is 0.154. The molecule has 6 nitrogen and oxygen atoms in total. The highest BCUT2D eigenvalue weighted by molar-refractivity contribution is 7.71. The Balaban J connectivity index is 2.18. The number of hydrogen-bond acceptors (Lipinski definition) is 4. The lowest BCUT2D eigenvalue weighted by Crippen LogP contribution is -2.19. The molecule has 0 amide bonds. The van der Waals surface area contributed by atoms with E-state index < -0.39 is 0 Å². The normalized spacial score (nSPS) is 10.8. The highest BCUT2D eigenvalue weighted by Gasteiger charge is 2.08. The van der Waals surface area contributed by atoms with Crippen molar-refractivity contribution in [2.45, 2.75) is 6.92 Å². The van der Waals surface area contributed by atoms with Crippen molar-refractivity contribution in [3.63, 3.8) is 0 Å². The molecule has 0 aliphatic carbocycles. The van der Waals surface area contributed by atoms with Gasteiger partial charge in [0.25, 0.3) is 5.56 Å². The van der Waals surface area contributed by atoms with Crippen molar-refractivity contribution >= 4 is 23.3 Å². The van der Waals surface area contributed by atoms with Gasteiger partial charge in [-0.15, -0.1) is 0 Å². The van der Waals surface area contributed by atoms with E-state index in [0.29, 0.717) is 28.1 Å². The lowest BCUT2D eigenvalue weighted by Gasteiger charge is -2.08. The molecule has 0 saturated carbocycles. The highest BCUT2D eigenvalue weighted by Crippen LogP contribution is 2.15. The zero-order valence-corrected chi connectivity index (χ0v) is 11.5. The molecule has 0 radical (unpaired) electrons. The molecule has 2 aromatic heterocycles. The minimum atomic E-state index is -0.207. The molecule has 0 aliphatic rings. The second kappa shape index (κ2) is 4.93. The summed E-state index contributed by atoms with van der Waals surface area (Å²) in [4.78, 5) is 15.4. The maximum Gasteiger partial charge on any atom is 0.270 e. The molecule has 0 spiro atoms. The van der Waals surface area contributed by atoms with Gasteiger partial charge in [0.2, 0.25) is 0 Å². The number of benzene rings is 1. The van der Waals surface area contributed by atoms with E-state index in [1.807, 2.05) is 6.92 Å². The quantitative estimate of drug-likeness (QED) is 0.724. The maximum absolute atomic E-state index is 12.4. The van der Waals surface area contributed by atoms with Crippen LogP contribution in [0, 0.1) is 4.77 Å². The van der Waals surface area contributed by atoms with Gasteiger partial charge in [-0.1, -0.05) is 0 Å². The first-order valence-electron chi connectivity index (χ1n) is 6.12. The molecule has 7 heteroatoms. The minimum absolute atomic E-state index is 0.207. The Bertz CT molecular complexity index is 860. The topological polar surface area (TPSA) is 75.7 Å². The van der Waals surface area contributed by atoms with Crippen LogP contribution in [0.15, 0.2) is 35.3 Å². The van der Waals surface area contributed by atoms with Crippen LogP contribution in [0.25, 0.3) is 16.7 Å². The van der Waals surface area contributed by atoms with E-state index in [1.165, 1.54) is 10.8 Å². The van der Waals surface area contributed by atoms with Crippen molar-refractivity contribution in [3.05, 3.63) is 45.6 Å². The summed E-state index contributed by atoms with van der Waals surface area (Å²) >= 11 is 5.23. The van der Waals surface area contributed by atoms with E-state index in [1.54, 1.807) is 24.3 Å².